The number of primary amides is 1. The van der Waals surface area contributed by atoms with E-state index in [0.29, 0.717) is 35.9 Å². The van der Waals surface area contributed by atoms with E-state index >= 15 is 0 Å². The average Bonchev–Trinajstić information content (AvgIpc) is 3.39. The normalized spacial score (nSPS) is 15.7. The van der Waals surface area contributed by atoms with Crippen LogP contribution in [-0.2, 0) is 22.6 Å². The van der Waals surface area contributed by atoms with Crippen molar-refractivity contribution in [2.75, 3.05) is 25.7 Å². The lowest BCUT2D eigenvalue weighted by molar-refractivity contribution is -0.124. The van der Waals surface area contributed by atoms with Gasteiger partial charge in [-0.3, -0.25) is 19.3 Å². The number of methoxy groups -OCH3 is 2. The van der Waals surface area contributed by atoms with Crippen molar-refractivity contribution in [3.63, 3.8) is 0 Å². The Hall–Kier alpha value is -4.74. The van der Waals surface area contributed by atoms with E-state index in [-0.39, 0.29) is 41.2 Å². The first kappa shape index (κ1) is 33.6. The van der Waals surface area contributed by atoms with E-state index in [1.165, 1.54) is 36.0 Å². The van der Waals surface area contributed by atoms with E-state index in [9.17, 15) is 18.8 Å². The Bertz CT molecular complexity index is 1760. The van der Waals surface area contributed by atoms with Gasteiger partial charge in [-0.1, -0.05) is 41.9 Å². The molecule has 4 aromatic carbocycles. The van der Waals surface area contributed by atoms with Crippen LogP contribution in [0.25, 0.3) is 0 Å². The SMILES string of the molecule is COc1ccc(CCNC(=O)C[C@H]2S[C@@H](c3ccc(OCc4ccc(F)cc4)cc3)N(c3ccc(C(N)=O)c(Cl)c3)C2=O)cc1OC. The van der Waals surface area contributed by atoms with Crippen molar-refractivity contribution in [3.8, 4) is 17.2 Å². The maximum atomic E-state index is 13.8. The zero-order valence-electron chi connectivity index (χ0n) is 25.7. The third-order valence-electron chi connectivity index (χ3n) is 7.58. The van der Waals surface area contributed by atoms with Crippen LogP contribution >= 0.6 is 23.4 Å². The number of halogens is 2. The Balaban J connectivity index is 1.29. The van der Waals surface area contributed by atoms with Crippen molar-refractivity contribution in [2.45, 2.75) is 30.1 Å². The molecule has 12 heteroatoms. The molecule has 3 N–H and O–H groups in total. The molecular formula is C35H33ClFN3O6S. The molecule has 1 heterocycles. The Kier molecular flexibility index (Phi) is 10.9. The number of hydrogen-bond acceptors (Lipinski definition) is 7. The predicted molar refractivity (Wildman–Crippen MR) is 180 cm³/mol. The lowest BCUT2D eigenvalue weighted by Crippen LogP contribution is -2.34. The summed E-state index contributed by atoms with van der Waals surface area (Å²) in [4.78, 5) is 40.2. The van der Waals surface area contributed by atoms with Gasteiger partial charge in [0.25, 0.3) is 0 Å². The summed E-state index contributed by atoms with van der Waals surface area (Å²) in [5, 5.41) is 1.87. The molecule has 244 valence electrons. The van der Waals surface area contributed by atoms with Crippen molar-refractivity contribution in [2.24, 2.45) is 5.73 Å². The first-order chi connectivity index (χ1) is 22.7. The molecule has 1 saturated heterocycles. The van der Waals surface area contributed by atoms with Gasteiger partial charge in [-0.25, -0.2) is 4.39 Å². The van der Waals surface area contributed by atoms with Crippen molar-refractivity contribution < 1.29 is 33.0 Å². The molecule has 47 heavy (non-hydrogen) atoms. The standard InChI is InChI=1S/C35H33ClFN3O6S/c1-44-29-14-5-21(17-30(29)45-2)15-16-39-32(41)19-31-34(43)40(25-10-13-27(33(38)42)28(36)18-25)35(47-31)23-6-11-26(12-7-23)46-20-22-3-8-24(37)9-4-22/h3-14,17-18,31,35H,15-16,19-20H2,1-2H3,(H2,38,42)(H,39,41)/t31-,35+/m1/s1. The topological polar surface area (TPSA) is 120 Å². The number of hydrogen-bond donors (Lipinski definition) is 2. The third kappa shape index (κ3) is 8.16. The third-order valence-corrected chi connectivity index (χ3v) is 9.33. The van der Waals surface area contributed by atoms with Crippen LogP contribution in [0.2, 0.25) is 5.02 Å². The van der Waals surface area contributed by atoms with Gasteiger partial charge in [0, 0.05) is 18.7 Å². The highest BCUT2D eigenvalue weighted by atomic mass is 35.5. The predicted octanol–water partition coefficient (Wildman–Crippen LogP) is 6.07. The Labute approximate surface area is 281 Å². The summed E-state index contributed by atoms with van der Waals surface area (Å²) in [6.07, 6.45) is 0.529. The second-order valence-electron chi connectivity index (χ2n) is 10.7. The number of ether oxygens (including phenoxy) is 3. The summed E-state index contributed by atoms with van der Waals surface area (Å²) >= 11 is 7.71. The van der Waals surface area contributed by atoms with Gasteiger partial charge in [0.2, 0.25) is 17.7 Å². The number of nitrogens with one attached hydrogen (secondary N) is 1. The Morgan fingerprint density at radius 2 is 1.64 bits per heavy atom. The highest BCUT2D eigenvalue weighted by Gasteiger charge is 2.43. The molecule has 0 saturated carbocycles. The molecule has 0 aromatic heterocycles. The molecule has 1 fully saturated rings. The second kappa shape index (κ2) is 15.2. The van der Waals surface area contributed by atoms with Crippen molar-refractivity contribution in [1.29, 1.82) is 0 Å². The molecule has 0 bridgehead atoms. The molecule has 3 amide bonds. The number of amides is 3. The van der Waals surface area contributed by atoms with Crippen molar-refractivity contribution in [3.05, 3.63) is 118 Å². The highest BCUT2D eigenvalue weighted by Crippen LogP contribution is 2.47. The van der Waals surface area contributed by atoms with Crippen LogP contribution in [0.3, 0.4) is 0 Å². The molecule has 4 aromatic rings. The fraction of sp³-hybridized carbons (Fsp3) is 0.229. The highest BCUT2D eigenvalue weighted by molar-refractivity contribution is 8.01. The van der Waals surface area contributed by atoms with E-state index < -0.39 is 16.5 Å². The van der Waals surface area contributed by atoms with Crippen molar-refractivity contribution >= 4 is 46.8 Å². The van der Waals surface area contributed by atoms with Gasteiger partial charge in [-0.15, -0.1) is 11.8 Å². The van der Waals surface area contributed by atoms with Gasteiger partial charge in [-0.2, -0.15) is 0 Å². The minimum atomic E-state index is -0.681. The monoisotopic (exact) mass is 677 g/mol. The molecule has 0 aliphatic carbocycles. The number of rotatable bonds is 13. The zero-order valence-corrected chi connectivity index (χ0v) is 27.3. The summed E-state index contributed by atoms with van der Waals surface area (Å²) in [6, 6.07) is 23.5. The summed E-state index contributed by atoms with van der Waals surface area (Å²) in [6.45, 7) is 0.632. The summed E-state index contributed by atoms with van der Waals surface area (Å²) in [5.74, 6) is 0.290. The minimum absolute atomic E-state index is 0.0333. The molecule has 1 aliphatic heterocycles. The van der Waals surface area contributed by atoms with Crippen LogP contribution < -0.4 is 30.2 Å². The zero-order chi connectivity index (χ0) is 33.5. The largest absolute Gasteiger partial charge is 0.493 e. The molecule has 0 unspecified atom stereocenters. The molecular weight excluding hydrogens is 645 g/mol. The fourth-order valence-electron chi connectivity index (χ4n) is 5.12. The van der Waals surface area contributed by atoms with Gasteiger partial charge >= 0.3 is 0 Å². The number of thioether (sulfide) groups is 1. The van der Waals surface area contributed by atoms with Crippen LogP contribution in [0.5, 0.6) is 17.2 Å². The number of benzene rings is 4. The van der Waals surface area contributed by atoms with Crippen LogP contribution in [0.15, 0.2) is 84.9 Å². The van der Waals surface area contributed by atoms with E-state index in [1.807, 2.05) is 30.3 Å². The van der Waals surface area contributed by atoms with Crippen LogP contribution in [0, 0.1) is 5.82 Å². The maximum Gasteiger partial charge on any atom is 0.250 e. The lowest BCUT2D eigenvalue weighted by Gasteiger charge is -2.25. The summed E-state index contributed by atoms with van der Waals surface area (Å²) in [5.41, 5.74) is 8.62. The van der Waals surface area contributed by atoms with Crippen molar-refractivity contribution in [1.82, 2.24) is 5.32 Å². The molecule has 9 nitrogen and oxygen atoms in total. The van der Waals surface area contributed by atoms with Crippen LogP contribution in [0.1, 0.15) is 38.8 Å². The van der Waals surface area contributed by atoms with E-state index in [0.717, 1.165) is 16.7 Å². The molecule has 1 aliphatic rings. The van der Waals surface area contributed by atoms with E-state index in [1.54, 1.807) is 49.5 Å². The fourth-order valence-corrected chi connectivity index (χ4v) is 6.84. The van der Waals surface area contributed by atoms with Crippen LogP contribution in [-0.4, -0.2) is 43.7 Å². The second-order valence-corrected chi connectivity index (χ2v) is 12.4. The van der Waals surface area contributed by atoms with E-state index in [4.69, 9.17) is 31.5 Å². The molecule has 2 atom stereocenters. The molecule has 0 radical (unpaired) electrons. The number of carbonyl (C=O) groups excluding carboxylic acids is 3. The van der Waals surface area contributed by atoms with Gasteiger partial charge in [0.15, 0.2) is 11.5 Å². The van der Waals surface area contributed by atoms with Crippen LogP contribution in [0.4, 0.5) is 10.1 Å². The minimum Gasteiger partial charge on any atom is -0.493 e. The summed E-state index contributed by atoms with van der Waals surface area (Å²) in [7, 11) is 3.13. The van der Waals surface area contributed by atoms with E-state index in [2.05, 4.69) is 5.32 Å². The summed E-state index contributed by atoms with van der Waals surface area (Å²) < 4.78 is 29.7. The van der Waals surface area contributed by atoms with Gasteiger partial charge in [0.1, 0.15) is 23.5 Å². The Morgan fingerprint density at radius 1 is 0.936 bits per heavy atom. The lowest BCUT2D eigenvalue weighted by atomic mass is 10.1. The molecule has 5 rings (SSSR count). The van der Waals surface area contributed by atoms with Gasteiger partial charge in [0.05, 0.1) is 30.1 Å². The average molecular weight is 678 g/mol. The Morgan fingerprint density at radius 3 is 2.30 bits per heavy atom. The number of carbonyl (C=O) groups is 3. The molecule has 0 spiro atoms. The maximum absolute atomic E-state index is 13.8. The number of nitrogens with two attached hydrogens (primary N) is 1. The van der Waals surface area contributed by atoms with Gasteiger partial charge in [-0.05, 0) is 77.7 Å². The first-order valence-corrected chi connectivity index (χ1v) is 16.0. The quantitative estimate of drug-likeness (QED) is 0.176. The smallest absolute Gasteiger partial charge is 0.250 e. The van der Waals surface area contributed by atoms with Gasteiger partial charge < -0.3 is 25.3 Å². The number of nitrogens with zero attached hydrogens (tertiary/aromatic N) is 1. The first-order valence-electron chi connectivity index (χ1n) is 14.7. The number of anilines is 1.